The first-order chi connectivity index (χ1) is 32.5. The van der Waals surface area contributed by atoms with Gasteiger partial charge in [0.25, 0.3) is 0 Å². The van der Waals surface area contributed by atoms with Gasteiger partial charge in [0.1, 0.15) is 13.2 Å². The molecule has 0 aliphatic carbocycles. The van der Waals surface area contributed by atoms with Gasteiger partial charge < -0.3 is 14.2 Å². The first-order valence-corrected chi connectivity index (χ1v) is 28.7. The Morgan fingerprint density at radius 1 is 0.318 bits per heavy atom. The minimum atomic E-state index is -0.783. The lowest BCUT2D eigenvalue weighted by molar-refractivity contribution is -0.167. The third kappa shape index (κ3) is 52.3. The number of ether oxygens (including phenoxy) is 3. The van der Waals surface area contributed by atoms with Gasteiger partial charge in [-0.2, -0.15) is 0 Å². The van der Waals surface area contributed by atoms with Crippen molar-refractivity contribution in [2.24, 2.45) is 0 Å². The molecule has 1 atom stereocenters. The van der Waals surface area contributed by atoms with E-state index in [1.165, 1.54) is 161 Å². The molecular formula is C60H108O6. The van der Waals surface area contributed by atoms with Crippen molar-refractivity contribution in [1.82, 2.24) is 0 Å². The van der Waals surface area contributed by atoms with Crippen molar-refractivity contribution in [3.63, 3.8) is 0 Å². The van der Waals surface area contributed by atoms with E-state index in [9.17, 15) is 14.4 Å². The second-order valence-electron chi connectivity index (χ2n) is 19.2. The summed E-state index contributed by atoms with van der Waals surface area (Å²) in [4.78, 5) is 38.1. The van der Waals surface area contributed by atoms with Gasteiger partial charge in [-0.3, -0.25) is 14.4 Å². The Balaban J connectivity index is 4.34. The molecule has 6 heteroatoms. The van der Waals surface area contributed by atoms with Crippen molar-refractivity contribution >= 4 is 17.9 Å². The number of rotatable bonds is 52. The van der Waals surface area contributed by atoms with E-state index < -0.39 is 6.10 Å². The second kappa shape index (κ2) is 55.0. The first-order valence-electron chi connectivity index (χ1n) is 28.7. The minimum Gasteiger partial charge on any atom is -0.462 e. The second-order valence-corrected chi connectivity index (χ2v) is 19.2. The normalized spacial score (nSPS) is 12.3. The van der Waals surface area contributed by atoms with Gasteiger partial charge in [-0.1, -0.05) is 262 Å². The minimum absolute atomic E-state index is 0.0802. The van der Waals surface area contributed by atoms with E-state index in [1.807, 2.05) is 0 Å². The van der Waals surface area contributed by atoms with E-state index in [0.29, 0.717) is 19.3 Å². The van der Waals surface area contributed by atoms with Crippen molar-refractivity contribution in [2.75, 3.05) is 13.2 Å². The molecule has 0 amide bonds. The summed E-state index contributed by atoms with van der Waals surface area (Å²) in [7, 11) is 0. The molecule has 0 aromatic heterocycles. The number of hydrogen-bond donors (Lipinski definition) is 0. The fraction of sp³-hybridized carbons (Fsp3) is 0.817. The maximum Gasteiger partial charge on any atom is 0.306 e. The fourth-order valence-electron chi connectivity index (χ4n) is 8.32. The summed E-state index contributed by atoms with van der Waals surface area (Å²) in [5.41, 5.74) is 0. The Morgan fingerprint density at radius 3 is 0.955 bits per heavy atom. The number of carbonyl (C=O) groups excluding carboxylic acids is 3. The highest BCUT2D eigenvalue weighted by Crippen LogP contribution is 2.16. The monoisotopic (exact) mass is 925 g/mol. The Hall–Kier alpha value is -2.63. The van der Waals surface area contributed by atoms with Gasteiger partial charge in [-0.15, -0.1) is 0 Å². The lowest BCUT2D eigenvalue weighted by atomic mass is 10.0. The highest BCUT2D eigenvalue weighted by atomic mass is 16.6. The van der Waals surface area contributed by atoms with Gasteiger partial charge in [0.15, 0.2) is 6.10 Å². The van der Waals surface area contributed by atoms with E-state index in [-0.39, 0.29) is 31.1 Å². The van der Waals surface area contributed by atoms with Crippen LogP contribution in [0.25, 0.3) is 0 Å². The van der Waals surface area contributed by atoms with Gasteiger partial charge in [0.05, 0.1) is 0 Å². The van der Waals surface area contributed by atoms with Gasteiger partial charge in [-0.25, -0.2) is 0 Å². The molecule has 0 rings (SSSR count). The largest absolute Gasteiger partial charge is 0.462 e. The van der Waals surface area contributed by atoms with Crippen LogP contribution in [0, 0.1) is 0 Å². The van der Waals surface area contributed by atoms with E-state index in [1.54, 1.807) is 0 Å². The highest BCUT2D eigenvalue weighted by Gasteiger charge is 2.19. The molecule has 384 valence electrons. The van der Waals surface area contributed by atoms with Crippen LogP contribution in [0.2, 0.25) is 0 Å². The molecule has 0 fully saturated rings. The topological polar surface area (TPSA) is 78.9 Å². The number of carbonyl (C=O) groups is 3. The Kier molecular flexibility index (Phi) is 52.8. The molecule has 0 heterocycles. The maximum absolute atomic E-state index is 12.8. The standard InChI is InChI=1S/C60H108O6/c1-4-7-10-13-16-19-22-25-27-29-30-31-33-35-38-41-44-47-50-53-59(62)65-56-57(55-64-58(61)52-49-46-43-40-37-34-24-21-18-15-12-9-6-3)66-60(63)54-51-48-45-42-39-36-32-28-26-23-20-17-14-11-8-5-2/h9,12,15,18,21,24,28,32,57H,4-8,10-11,13-14,16-17,19-20,22-23,25-27,29-31,33-56H2,1-3H3/b12-9-,18-15-,24-21-,32-28-. The predicted octanol–water partition coefficient (Wildman–Crippen LogP) is 19.0. The van der Waals surface area contributed by atoms with Gasteiger partial charge >= 0.3 is 17.9 Å². The van der Waals surface area contributed by atoms with Crippen LogP contribution >= 0.6 is 0 Å². The molecule has 0 aliphatic heterocycles. The Labute approximate surface area is 409 Å². The van der Waals surface area contributed by atoms with Crippen molar-refractivity contribution in [3.8, 4) is 0 Å². The summed E-state index contributed by atoms with van der Waals surface area (Å²) in [6.07, 6.45) is 66.8. The SMILES string of the molecule is CC\C=C/C=C\C=C/CCCCCCCC(=O)OCC(COC(=O)CCCCCCCCCCCCCCCCCCCCC)OC(=O)CCCCCCC/C=C\CCCCCCCCC. The zero-order chi connectivity index (χ0) is 47.9. The van der Waals surface area contributed by atoms with E-state index in [2.05, 4.69) is 69.4 Å². The third-order valence-corrected chi connectivity index (χ3v) is 12.6. The van der Waals surface area contributed by atoms with Crippen LogP contribution in [0.5, 0.6) is 0 Å². The van der Waals surface area contributed by atoms with E-state index in [0.717, 1.165) is 96.3 Å². The molecule has 0 saturated heterocycles. The summed E-state index contributed by atoms with van der Waals surface area (Å²) in [6.45, 7) is 6.52. The predicted molar refractivity (Wildman–Crippen MR) is 284 cm³/mol. The molecular weight excluding hydrogens is 817 g/mol. The van der Waals surface area contributed by atoms with Crippen LogP contribution < -0.4 is 0 Å². The maximum atomic E-state index is 12.8. The summed E-state index contributed by atoms with van der Waals surface area (Å²) >= 11 is 0. The number of esters is 3. The number of hydrogen-bond acceptors (Lipinski definition) is 6. The van der Waals surface area contributed by atoms with Crippen molar-refractivity contribution < 1.29 is 28.6 Å². The van der Waals surface area contributed by atoms with E-state index in [4.69, 9.17) is 14.2 Å². The molecule has 0 saturated carbocycles. The molecule has 0 bridgehead atoms. The first kappa shape index (κ1) is 63.4. The van der Waals surface area contributed by atoms with Crippen LogP contribution in [0.15, 0.2) is 48.6 Å². The van der Waals surface area contributed by atoms with Crippen LogP contribution in [-0.4, -0.2) is 37.2 Å². The van der Waals surface area contributed by atoms with Gasteiger partial charge in [0.2, 0.25) is 0 Å². The Morgan fingerprint density at radius 2 is 0.606 bits per heavy atom. The molecule has 0 aromatic carbocycles. The number of unbranched alkanes of at least 4 members (excludes halogenated alkanes) is 35. The zero-order valence-corrected chi connectivity index (χ0v) is 44.0. The summed E-state index contributed by atoms with van der Waals surface area (Å²) in [5.74, 6) is -0.896. The molecule has 0 radical (unpaired) electrons. The molecule has 0 aromatic rings. The summed E-state index contributed by atoms with van der Waals surface area (Å²) < 4.78 is 16.8. The number of allylic oxidation sites excluding steroid dienone is 8. The third-order valence-electron chi connectivity index (χ3n) is 12.6. The van der Waals surface area contributed by atoms with Crippen molar-refractivity contribution in [2.45, 2.75) is 303 Å². The van der Waals surface area contributed by atoms with Gasteiger partial charge in [-0.05, 0) is 64.2 Å². The highest BCUT2D eigenvalue weighted by molar-refractivity contribution is 5.71. The molecule has 6 nitrogen and oxygen atoms in total. The summed E-state index contributed by atoms with van der Waals surface area (Å²) in [5, 5.41) is 0. The smallest absolute Gasteiger partial charge is 0.306 e. The zero-order valence-electron chi connectivity index (χ0n) is 44.0. The summed E-state index contributed by atoms with van der Waals surface area (Å²) in [6, 6.07) is 0. The lowest BCUT2D eigenvalue weighted by Crippen LogP contribution is -2.30. The average Bonchev–Trinajstić information content (AvgIpc) is 3.31. The van der Waals surface area contributed by atoms with Crippen molar-refractivity contribution in [1.29, 1.82) is 0 Å². The Bertz CT molecular complexity index is 1150. The van der Waals surface area contributed by atoms with Gasteiger partial charge in [0, 0.05) is 19.3 Å². The lowest BCUT2D eigenvalue weighted by Gasteiger charge is -2.18. The van der Waals surface area contributed by atoms with E-state index >= 15 is 0 Å². The average molecular weight is 926 g/mol. The molecule has 0 aliphatic rings. The molecule has 1 unspecified atom stereocenters. The molecule has 0 N–H and O–H groups in total. The van der Waals surface area contributed by atoms with Crippen LogP contribution in [0.4, 0.5) is 0 Å². The quantitative estimate of drug-likeness (QED) is 0.0199. The van der Waals surface area contributed by atoms with Crippen LogP contribution in [0.1, 0.15) is 297 Å². The van der Waals surface area contributed by atoms with Crippen LogP contribution in [0.3, 0.4) is 0 Å². The molecule has 66 heavy (non-hydrogen) atoms. The fourth-order valence-corrected chi connectivity index (χ4v) is 8.32. The molecule has 0 spiro atoms. The van der Waals surface area contributed by atoms with Crippen molar-refractivity contribution in [3.05, 3.63) is 48.6 Å². The van der Waals surface area contributed by atoms with Crippen LogP contribution in [-0.2, 0) is 28.6 Å².